The van der Waals surface area contributed by atoms with Crippen molar-refractivity contribution in [1.29, 1.82) is 0 Å². The van der Waals surface area contributed by atoms with E-state index >= 15 is 0 Å². The molecule has 0 aliphatic rings. The minimum absolute atomic E-state index is 0.129. The molecule has 0 aromatic heterocycles. The molecule has 6 nitrogen and oxygen atoms in total. The van der Waals surface area contributed by atoms with E-state index in [-0.39, 0.29) is 6.04 Å². The van der Waals surface area contributed by atoms with Gasteiger partial charge in [0.15, 0.2) is 11.5 Å². The lowest BCUT2D eigenvalue weighted by molar-refractivity contribution is 0.0526. The second-order valence-corrected chi connectivity index (χ2v) is 6.29. The van der Waals surface area contributed by atoms with Crippen molar-refractivity contribution >= 4 is 6.09 Å². The molecule has 0 fully saturated rings. The smallest absolute Gasteiger partial charge is 0.407 e. The van der Waals surface area contributed by atoms with Gasteiger partial charge >= 0.3 is 6.09 Å². The number of nitrogens with two attached hydrogens (primary N) is 1. The third kappa shape index (κ3) is 6.78. The van der Waals surface area contributed by atoms with Crippen molar-refractivity contribution in [3.05, 3.63) is 23.8 Å². The average molecular weight is 324 g/mol. The predicted molar refractivity (Wildman–Crippen MR) is 89.9 cm³/mol. The van der Waals surface area contributed by atoms with Crippen LogP contribution in [0.5, 0.6) is 11.5 Å². The molecule has 0 unspecified atom stereocenters. The zero-order valence-electron chi connectivity index (χ0n) is 14.6. The number of methoxy groups -OCH3 is 2. The van der Waals surface area contributed by atoms with Crippen molar-refractivity contribution < 1.29 is 19.0 Å². The van der Waals surface area contributed by atoms with Crippen molar-refractivity contribution in [2.75, 3.05) is 20.8 Å². The van der Waals surface area contributed by atoms with Crippen LogP contribution in [-0.2, 0) is 4.74 Å². The maximum atomic E-state index is 11.5. The minimum Gasteiger partial charge on any atom is -0.493 e. The molecule has 0 bridgehead atoms. The Morgan fingerprint density at radius 2 is 1.87 bits per heavy atom. The van der Waals surface area contributed by atoms with Gasteiger partial charge in [-0.2, -0.15) is 0 Å². The molecule has 0 aliphatic heterocycles. The van der Waals surface area contributed by atoms with Crippen LogP contribution in [0.4, 0.5) is 4.79 Å². The highest BCUT2D eigenvalue weighted by molar-refractivity contribution is 5.67. The van der Waals surface area contributed by atoms with Crippen LogP contribution < -0.4 is 20.5 Å². The Morgan fingerprint density at radius 3 is 2.43 bits per heavy atom. The maximum absolute atomic E-state index is 11.5. The Morgan fingerprint density at radius 1 is 1.22 bits per heavy atom. The summed E-state index contributed by atoms with van der Waals surface area (Å²) in [6.07, 6.45) is 1.09. The van der Waals surface area contributed by atoms with Gasteiger partial charge in [0.1, 0.15) is 5.60 Å². The molecule has 1 rings (SSSR count). The number of amides is 1. The summed E-state index contributed by atoms with van der Waals surface area (Å²) < 4.78 is 15.7. The lowest BCUT2D eigenvalue weighted by atomic mass is 10.0. The Bertz CT molecular complexity index is 512. The summed E-state index contributed by atoms with van der Waals surface area (Å²) in [7, 11) is 3.19. The number of hydrogen-bond donors (Lipinski definition) is 2. The second-order valence-electron chi connectivity index (χ2n) is 6.29. The van der Waals surface area contributed by atoms with Gasteiger partial charge in [-0.1, -0.05) is 6.07 Å². The summed E-state index contributed by atoms with van der Waals surface area (Å²) >= 11 is 0. The molecule has 0 radical (unpaired) electrons. The molecule has 3 N–H and O–H groups in total. The van der Waals surface area contributed by atoms with Gasteiger partial charge in [0, 0.05) is 12.6 Å². The van der Waals surface area contributed by atoms with Crippen LogP contribution in [0.15, 0.2) is 18.2 Å². The van der Waals surface area contributed by atoms with Crippen molar-refractivity contribution in [3.63, 3.8) is 0 Å². The fourth-order valence-electron chi connectivity index (χ4n) is 2.08. The molecule has 0 aliphatic carbocycles. The Kier molecular flexibility index (Phi) is 7.16. The first kappa shape index (κ1) is 19.1. The monoisotopic (exact) mass is 324 g/mol. The normalized spacial score (nSPS) is 12.4. The van der Waals surface area contributed by atoms with Gasteiger partial charge in [0.2, 0.25) is 0 Å². The molecule has 0 saturated carbocycles. The Hall–Kier alpha value is -1.95. The number of carbonyl (C=O) groups is 1. The molecule has 1 atom stereocenters. The fraction of sp³-hybridized carbons (Fsp3) is 0.588. The number of hydrogen-bond acceptors (Lipinski definition) is 5. The highest BCUT2D eigenvalue weighted by Gasteiger charge is 2.16. The van der Waals surface area contributed by atoms with Crippen LogP contribution in [0.1, 0.15) is 45.2 Å². The Labute approximate surface area is 138 Å². The minimum atomic E-state index is -0.486. The number of nitrogens with one attached hydrogen (secondary N) is 1. The van der Waals surface area contributed by atoms with Crippen molar-refractivity contribution in [1.82, 2.24) is 5.32 Å². The topological polar surface area (TPSA) is 82.8 Å². The van der Waals surface area contributed by atoms with Crippen LogP contribution in [0.2, 0.25) is 0 Å². The molecule has 23 heavy (non-hydrogen) atoms. The number of benzene rings is 1. The van der Waals surface area contributed by atoms with Crippen molar-refractivity contribution in [2.45, 2.75) is 45.3 Å². The highest BCUT2D eigenvalue weighted by atomic mass is 16.6. The molecule has 0 spiro atoms. The molecule has 6 heteroatoms. The highest BCUT2D eigenvalue weighted by Crippen LogP contribution is 2.30. The molecular formula is C17H28N2O4. The van der Waals surface area contributed by atoms with Crippen LogP contribution in [0, 0.1) is 0 Å². The Balaban J connectivity index is 2.42. The largest absolute Gasteiger partial charge is 0.493 e. The summed E-state index contributed by atoms with van der Waals surface area (Å²) in [5.41, 5.74) is 6.67. The summed E-state index contributed by atoms with van der Waals surface area (Å²) in [6.45, 7) is 6.02. The molecule has 0 heterocycles. The molecule has 0 saturated heterocycles. The first-order chi connectivity index (χ1) is 10.8. The third-order valence-electron chi connectivity index (χ3n) is 3.20. The van der Waals surface area contributed by atoms with Crippen LogP contribution in [-0.4, -0.2) is 32.5 Å². The van der Waals surface area contributed by atoms with E-state index < -0.39 is 11.7 Å². The van der Waals surface area contributed by atoms with Gasteiger partial charge in [0.25, 0.3) is 0 Å². The summed E-state index contributed by atoms with van der Waals surface area (Å²) in [6, 6.07) is 5.51. The van der Waals surface area contributed by atoms with Gasteiger partial charge < -0.3 is 25.3 Å². The average Bonchev–Trinajstić information content (AvgIpc) is 2.48. The first-order valence-electron chi connectivity index (χ1n) is 7.71. The number of ether oxygens (including phenoxy) is 3. The van der Waals surface area contributed by atoms with Crippen LogP contribution in [0.25, 0.3) is 0 Å². The van der Waals surface area contributed by atoms with Gasteiger partial charge in [-0.05, 0) is 51.3 Å². The van der Waals surface area contributed by atoms with E-state index in [1.807, 2.05) is 39.0 Å². The third-order valence-corrected chi connectivity index (χ3v) is 3.20. The quantitative estimate of drug-likeness (QED) is 0.753. The van der Waals surface area contributed by atoms with E-state index in [1.54, 1.807) is 14.2 Å². The summed E-state index contributed by atoms with van der Waals surface area (Å²) in [5.74, 6) is 1.34. The second kappa shape index (κ2) is 8.62. The van der Waals surface area contributed by atoms with Gasteiger partial charge in [0.05, 0.1) is 14.2 Å². The van der Waals surface area contributed by atoms with E-state index in [9.17, 15) is 4.79 Å². The van der Waals surface area contributed by atoms with E-state index in [1.165, 1.54) is 0 Å². The molecular weight excluding hydrogens is 296 g/mol. The van der Waals surface area contributed by atoms with Gasteiger partial charge in [-0.3, -0.25) is 0 Å². The van der Waals surface area contributed by atoms with Gasteiger partial charge in [-0.15, -0.1) is 0 Å². The van der Waals surface area contributed by atoms with Crippen LogP contribution in [0.3, 0.4) is 0 Å². The van der Waals surface area contributed by atoms with E-state index in [4.69, 9.17) is 19.9 Å². The van der Waals surface area contributed by atoms with E-state index in [0.717, 1.165) is 18.4 Å². The molecule has 130 valence electrons. The zero-order valence-corrected chi connectivity index (χ0v) is 14.6. The SMILES string of the molecule is COc1ccc([C@H](N)CCCNC(=O)OC(C)(C)C)cc1OC. The lowest BCUT2D eigenvalue weighted by Gasteiger charge is -2.20. The van der Waals surface area contributed by atoms with Crippen molar-refractivity contribution in [2.24, 2.45) is 5.73 Å². The zero-order chi connectivity index (χ0) is 17.5. The number of alkyl carbamates (subject to hydrolysis) is 1. The molecule has 1 aromatic carbocycles. The fourth-order valence-corrected chi connectivity index (χ4v) is 2.08. The standard InChI is InChI=1S/C17H28N2O4/c1-17(2,3)23-16(20)19-10-6-7-13(18)12-8-9-14(21-4)15(11-12)22-5/h8-9,11,13H,6-7,10,18H2,1-5H3,(H,19,20)/t13-/m1/s1. The molecule has 1 amide bonds. The molecule has 1 aromatic rings. The van der Waals surface area contributed by atoms with Crippen molar-refractivity contribution in [3.8, 4) is 11.5 Å². The summed E-state index contributed by atoms with van der Waals surface area (Å²) in [5, 5.41) is 2.73. The van der Waals surface area contributed by atoms with Gasteiger partial charge in [-0.25, -0.2) is 4.79 Å². The lowest BCUT2D eigenvalue weighted by Crippen LogP contribution is -2.33. The van der Waals surface area contributed by atoms with E-state index in [2.05, 4.69) is 5.32 Å². The predicted octanol–water partition coefficient (Wildman–Crippen LogP) is 3.01. The maximum Gasteiger partial charge on any atom is 0.407 e. The number of rotatable bonds is 7. The first-order valence-corrected chi connectivity index (χ1v) is 7.71. The van der Waals surface area contributed by atoms with Crippen LogP contribution >= 0.6 is 0 Å². The van der Waals surface area contributed by atoms with E-state index in [0.29, 0.717) is 18.0 Å². The summed E-state index contributed by atoms with van der Waals surface area (Å²) in [4.78, 5) is 11.5. The number of carbonyl (C=O) groups excluding carboxylic acids is 1.